The Morgan fingerprint density at radius 2 is 1.97 bits per heavy atom. The van der Waals surface area contributed by atoms with Crippen molar-refractivity contribution in [3.63, 3.8) is 0 Å². The predicted molar refractivity (Wildman–Crippen MR) is 118 cm³/mol. The molecule has 4 rings (SSSR count). The molecule has 0 spiro atoms. The van der Waals surface area contributed by atoms with Gasteiger partial charge in [0, 0.05) is 13.2 Å². The van der Waals surface area contributed by atoms with Crippen molar-refractivity contribution in [1.29, 1.82) is 0 Å². The third-order valence-electron chi connectivity index (χ3n) is 5.75. The largest absolute Gasteiger partial charge is 0.496 e. The van der Waals surface area contributed by atoms with Crippen LogP contribution in [0.25, 0.3) is 0 Å². The van der Waals surface area contributed by atoms with Crippen LogP contribution in [0.3, 0.4) is 0 Å². The summed E-state index contributed by atoms with van der Waals surface area (Å²) in [4.78, 5) is 24.6. The molecule has 9 heteroatoms. The average molecular weight is 438 g/mol. The van der Waals surface area contributed by atoms with Gasteiger partial charge in [0.2, 0.25) is 5.91 Å². The highest BCUT2D eigenvalue weighted by Gasteiger charge is 2.38. The van der Waals surface area contributed by atoms with E-state index in [1.807, 2.05) is 30.3 Å². The number of ether oxygens (including phenoxy) is 2. The number of benzene rings is 2. The van der Waals surface area contributed by atoms with Gasteiger partial charge in [0.15, 0.2) is 0 Å². The van der Waals surface area contributed by atoms with Crippen LogP contribution in [0.5, 0.6) is 5.75 Å². The molecule has 2 atom stereocenters. The number of rotatable bonds is 7. The number of nitrogens with one attached hydrogen (secondary N) is 2. The first-order chi connectivity index (χ1) is 15.5. The van der Waals surface area contributed by atoms with Crippen molar-refractivity contribution in [3.05, 3.63) is 76.6 Å². The third kappa shape index (κ3) is 4.25. The van der Waals surface area contributed by atoms with Gasteiger partial charge in [0.25, 0.3) is 5.91 Å². The van der Waals surface area contributed by atoms with Crippen LogP contribution in [0.1, 0.15) is 33.9 Å². The predicted octanol–water partition coefficient (Wildman–Crippen LogP) is 0.931. The van der Waals surface area contributed by atoms with E-state index in [0.717, 1.165) is 17.5 Å². The summed E-state index contributed by atoms with van der Waals surface area (Å²) in [6, 6.07) is 14.3. The van der Waals surface area contributed by atoms with E-state index in [1.54, 1.807) is 23.2 Å². The number of para-hydroxylation sites is 1. The van der Waals surface area contributed by atoms with Gasteiger partial charge in [0.1, 0.15) is 11.6 Å². The molecule has 32 heavy (non-hydrogen) atoms. The monoisotopic (exact) mass is 437 g/mol. The van der Waals surface area contributed by atoms with E-state index >= 15 is 0 Å². The van der Waals surface area contributed by atoms with Crippen molar-refractivity contribution in [3.8, 4) is 5.75 Å². The molecule has 2 aromatic rings. The Balaban J connectivity index is 1.45. The SMILES string of the molecule is COc1ccccc1C(=O)NCc1ccc(C2NN(C3CCOC3)C(N)=C2C(N)=O)cc1. The van der Waals surface area contributed by atoms with Crippen LogP contribution in [0.2, 0.25) is 0 Å². The van der Waals surface area contributed by atoms with Gasteiger partial charge < -0.3 is 26.3 Å². The van der Waals surface area contributed by atoms with Crippen molar-refractivity contribution in [2.45, 2.75) is 25.0 Å². The second-order valence-electron chi connectivity index (χ2n) is 7.74. The Morgan fingerprint density at radius 1 is 1.22 bits per heavy atom. The topological polar surface area (TPSA) is 132 Å². The molecule has 2 aliphatic rings. The van der Waals surface area contributed by atoms with Crippen molar-refractivity contribution in [2.24, 2.45) is 11.5 Å². The number of primary amides is 1. The number of methoxy groups -OCH3 is 1. The summed E-state index contributed by atoms with van der Waals surface area (Å²) in [5.41, 5.74) is 17.8. The quantitative estimate of drug-likeness (QED) is 0.507. The smallest absolute Gasteiger partial charge is 0.255 e. The second kappa shape index (κ2) is 9.29. The summed E-state index contributed by atoms with van der Waals surface area (Å²) in [6.45, 7) is 1.54. The van der Waals surface area contributed by atoms with Gasteiger partial charge in [-0.2, -0.15) is 0 Å². The maximum absolute atomic E-state index is 12.5. The van der Waals surface area contributed by atoms with E-state index in [1.165, 1.54) is 7.11 Å². The normalized spacial score (nSPS) is 20.5. The Labute approximate surface area is 186 Å². The zero-order valence-electron chi connectivity index (χ0n) is 17.8. The Hall–Kier alpha value is -3.56. The molecule has 0 radical (unpaired) electrons. The minimum Gasteiger partial charge on any atom is -0.496 e. The molecule has 0 aliphatic carbocycles. The molecule has 168 valence electrons. The molecule has 0 aromatic heterocycles. The zero-order chi connectivity index (χ0) is 22.7. The lowest BCUT2D eigenvalue weighted by molar-refractivity contribution is -0.114. The average Bonchev–Trinajstić information content (AvgIpc) is 3.45. The van der Waals surface area contributed by atoms with E-state index in [0.29, 0.717) is 42.5 Å². The molecule has 0 saturated carbocycles. The van der Waals surface area contributed by atoms with Crippen molar-refractivity contribution < 1.29 is 19.1 Å². The van der Waals surface area contributed by atoms with E-state index in [-0.39, 0.29) is 11.9 Å². The summed E-state index contributed by atoms with van der Waals surface area (Å²) in [7, 11) is 1.53. The van der Waals surface area contributed by atoms with Gasteiger partial charge in [0.05, 0.1) is 36.9 Å². The van der Waals surface area contributed by atoms with Crippen LogP contribution in [-0.2, 0) is 16.1 Å². The number of nitrogens with zero attached hydrogens (tertiary/aromatic N) is 1. The highest BCUT2D eigenvalue weighted by molar-refractivity contribution is 5.97. The number of hydrogen-bond donors (Lipinski definition) is 4. The van der Waals surface area contributed by atoms with Crippen LogP contribution in [0.15, 0.2) is 59.9 Å². The second-order valence-corrected chi connectivity index (χ2v) is 7.74. The van der Waals surface area contributed by atoms with E-state index < -0.39 is 11.9 Å². The molecule has 1 saturated heterocycles. The molecular weight excluding hydrogens is 410 g/mol. The molecule has 6 N–H and O–H groups in total. The number of hydrazine groups is 1. The Kier molecular flexibility index (Phi) is 6.29. The highest BCUT2D eigenvalue weighted by Crippen LogP contribution is 2.32. The molecule has 2 unspecified atom stereocenters. The van der Waals surface area contributed by atoms with Crippen LogP contribution in [0, 0.1) is 0 Å². The fraction of sp³-hybridized carbons (Fsp3) is 0.304. The van der Waals surface area contributed by atoms with E-state index in [2.05, 4.69) is 10.7 Å². The first kappa shape index (κ1) is 21.7. The molecule has 2 heterocycles. The fourth-order valence-corrected chi connectivity index (χ4v) is 4.03. The Morgan fingerprint density at radius 3 is 2.62 bits per heavy atom. The lowest BCUT2D eigenvalue weighted by Gasteiger charge is -2.27. The van der Waals surface area contributed by atoms with Crippen molar-refractivity contribution in [1.82, 2.24) is 15.8 Å². The molecule has 9 nitrogen and oxygen atoms in total. The zero-order valence-corrected chi connectivity index (χ0v) is 17.8. The van der Waals surface area contributed by atoms with Gasteiger partial charge in [-0.3, -0.25) is 14.6 Å². The van der Waals surface area contributed by atoms with Crippen molar-refractivity contribution in [2.75, 3.05) is 20.3 Å². The van der Waals surface area contributed by atoms with E-state index in [9.17, 15) is 9.59 Å². The number of carbonyl (C=O) groups is 2. The first-order valence-electron chi connectivity index (χ1n) is 10.4. The van der Waals surface area contributed by atoms with E-state index in [4.69, 9.17) is 20.9 Å². The first-order valence-corrected chi connectivity index (χ1v) is 10.4. The third-order valence-corrected chi connectivity index (χ3v) is 5.75. The molecule has 2 aliphatic heterocycles. The molecular formula is C23H27N5O4. The van der Waals surface area contributed by atoms with Crippen LogP contribution in [-0.4, -0.2) is 43.2 Å². The summed E-state index contributed by atoms with van der Waals surface area (Å²) in [5.74, 6) is 0.0825. The lowest BCUT2D eigenvalue weighted by atomic mass is 9.98. The summed E-state index contributed by atoms with van der Waals surface area (Å²) in [6.07, 6.45) is 0.817. The summed E-state index contributed by atoms with van der Waals surface area (Å²) in [5, 5.41) is 4.69. The maximum atomic E-state index is 12.5. The fourth-order valence-electron chi connectivity index (χ4n) is 4.03. The lowest BCUT2D eigenvalue weighted by Crippen LogP contribution is -2.44. The number of carbonyl (C=O) groups excluding carboxylic acids is 2. The van der Waals surface area contributed by atoms with Gasteiger partial charge in [-0.1, -0.05) is 36.4 Å². The molecule has 0 bridgehead atoms. The van der Waals surface area contributed by atoms with Crippen LogP contribution in [0.4, 0.5) is 0 Å². The van der Waals surface area contributed by atoms with Gasteiger partial charge in [-0.15, -0.1) is 0 Å². The number of hydrogen-bond acceptors (Lipinski definition) is 7. The van der Waals surface area contributed by atoms with Gasteiger partial charge in [-0.25, -0.2) is 5.43 Å². The highest BCUT2D eigenvalue weighted by atomic mass is 16.5. The molecule has 2 amide bonds. The van der Waals surface area contributed by atoms with Gasteiger partial charge in [-0.05, 0) is 29.7 Å². The molecule has 1 fully saturated rings. The minimum atomic E-state index is -0.561. The number of amides is 2. The minimum absolute atomic E-state index is 0.0545. The number of nitrogens with two attached hydrogens (primary N) is 2. The van der Waals surface area contributed by atoms with Crippen LogP contribution >= 0.6 is 0 Å². The molecule has 2 aromatic carbocycles. The summed E-state index contributed by atoms with van der Waals surface area (Å²) < 4.78 is 10.7. The van der Waals surface area contributed by atoms with Crippen LogP contribution < -0.4 is 26.9 Å². The summed E-state index contributed by atoms with van der Waals surface area (Å²) >= 11 is 0. The maximum Gasteiger partial charge on any atom is 0.255 e. The van der Waals surface area contributed by atoms with Crippen molar-refractivity contribution >= 4 is 11.8 Å². The Bertz CT molecular complexity index is 1030. The standard InChI is InChI=1S/C23H27N5O4/c1-31-18-5-3-2-4-17(18)23(30)26-12-14-6-8-15(9-7-14)20-19(22(25)29)21(24)28(27-20)16-10-11-32-13-16/h2-9,16,20,27H,10-13,24H2,1H3,(H2,25,29)(H,26,30). The van der Waals surface area contributed by atoms with Gasteiger partial charge >= 0.3 is 0 Å².